The highest BCUT2D eigenvalue weighted by Crippen LogP contribution is 2.24. The van der Waals surface area contributed by atoms with Crippen molar-refractivity contribution in [2.75, 3.05) is 32.7 Å². The number of aliphatic imine (C=N–C) groups is 1. The molecule has 0 aliphatic carbocycles. The van der Waals surface area contributed by atoms with Gasteiger partial charge >= 0.3 is 0 Å². The van der Waals surface area contributed by atoms with Crippen LogP contribution in [0.25, 0.3) is 0 Å². The summed E-state index contributed by atoms with van der Waals surface area (Å²) in [4.78, 5) is 7.19. The van der Waals surface area contributed by atoms with Gasteiger partial charge in [-0.3, -0.25) is 9.58 Å². The van der Waals surface area contributed by atoms with Crippen LogP contribution in [-0.4, -0.2) is 58.5 Å². The lowest BCUT2D eigenvalue weighted by Crippen LogP contribution is -2.43. The van der Waals surface area contributed by atoms with Crippen molar-refractivity contribution in [2.24, 2.45) is 12.0 Å². The van der Waals surface area contributed by atoms with Crippen molar-refractivity contribution in [2.45, 2.75) is 38.3 Å². The fourth-order valence-corrected chi connectivity index (χ4v) is 3.74. The second-order valence-electron chi connectivity index (χ2n) is 7.92. The van der Waals surface area contributed by atoms with Crippen LogP contribution in [0.3, 0.4) is 0 Å². The van der Waals surface area contributed by atoms with Gasteiger partial charge in [0.15, 0.2) is 5.96 Å². The van der Waals surface area contributed by atoms with Crippen LogP contribution >= 0.6 is 0 Å². The zero-order valence-corrected chi connectivity index (χ0v) is 17.8. The van der Waals surface area contributed by atoms with Crippen molar-refractivity contribution in [1.29, 1.82) is 0 Å². The molecule has 158 valence electrons. The van der Waals surface area contributed by atoms with Crippen LogP contribution in [0.15, 0.2) is 47.7 Å². The van der Waals surface area contributed by atoms with Gasteiger partial charge in [-0.15, -0.1) is 0 Å². The van der Waals surface area contributed by atoms with Crippen molar-refractivity contribution in [1.82, 2.24) is 25.3 Å². The second-order valence-corrected chi connectivity index (χ2v) is 7.92. The molecular weight excluding hydrogens is 364 g/mol. The van der Waals surface area contributed by atoms with Gasteiger partial charge in [-0.1, -0.05) is 30.3 Å². The number of nitrogens with zero attached hydrogens (tertiary/aromatic N) is 4. The van der Waals surface area contributed by atoms with E-state index in [0.29, 0.717) is 6.04 Å². The summed E-state index contributed by atoms with van der Waals surface area (Å²) in [6.45, 7) is 7.87. The lowest BCUT2D eigenvalue weighted by atomic mass is 10.0. The van der Waals surface area contributed by atoms with E-state index in [1.54, 1.807) is 17.8 Å². The fraction of sp³-hybridized carbons (Fsp3) is 0.545. The molecule has 3 N–H and O–H groups in total. The maximum atomic E-state index is 10.8. The van der Waals surface area contributed by atoms with Crippen LogP contribution < -0.4 is 10.6 Å². The summed E-state index contributed by atoms with van der Waals surface area (Å²) in [7, 11) is 1.84. The van der Waals surface area contributed by atoms with E-state index < -0.39 is 5.60 Å². The Balaban J connectivity index is 1.68. The molecule has 1 fully saturated rings. The van der Waals surface area contributed by atoms with E-state index in [-0.39, 0.29) is 6.54 Å². The molecule has 3 rings (SSSR count). The molecule has 0 saturated carbocycles. The Hall–Kier alpha value is -2.38. The Bertz CT molecular complexity index is 780. The molecule has 1 saturated heterocycles. The Kier molecular flexibility index (Phi) is 7.28. The Morgan fingerprint density at radius 1 is 1.24 bits per heavy atom. The van der Waals surface area contributed by atoms with Crippen LogP contribution in [0.5, 0.6) is 0 Å². The van der Waals surface area contributed by atoms with Gasteiger partial charge in [0, 0.05) is 31.9 Å². The van der Waals surface area contributed by atoms with E-state index >= 15 is 0 Å². The number of benzene rings is 1. The molecule has 7 heteroatoms. The first-order chi connectivity index (χ1) is 14.0. The summed E-state index contributed by atoms with van der Waals surface area (Å²) < 4.78 is 1.69. The average molecular weight is 399 g/mol. The van der Waals surface area contributed by atoms with E-state index in [1.807, 2.05) is 20.2 Å². The van der Waals surface area contributed by atoms with E-state index in [1.165, 1.54) is 18.4 Å². The van der Waals surface area contributed by atoms with Gasteiger partial charge in [-0.25, -0.2) is 4.99 Å². The molecule has 0 amide bonds. The molecule has 0 bridgehead atoms. The quantitative estimate of drug-likeness (QED) is 0.468. The number of guanidine groups is 1. The zero-order chi connectivity index (χ0) is 20.7. The Morgan fingerprint density at radius 2 is 1.97 bits per heavy atom. The minimum absolute atomic E-state index is 0.258. The largest absolute Gasteiger partial charge is 0.383 e. The minimum atomic E-state index is -1.07. The van der Waals surface area contributed by atoms with Gasteiger partial charge in [0.25, 0.3) is 0 Å². The number of likely N-dealkylation sites (tertiary alicyclic amines) is 1. The van der Waals surface area contributed by atoms with Gasteiger partial charge in [0.05, 0.1) is 18.8 Å². The number of hydrogen-bond donors (Lipinski definition) is 3. The van der Waals surface area contributed by atoms with Crippen LogP contribution in [0.4, 0.5) is 0 Å². The van der Waals surface area contributed by atoms with E-state index in [0.717, 1.165) is 37.7 Å². The summed E-state index contributed by atoms with van der Waals surface area (Å²) >= 11 is 0. The van der Waals surface area contributed by atoms with Crippen LogP contribution in [0, 0.1) is 0 Å². The molecule has 7 nitrogen and oxygen atoms in total. The molecule has 2 unspecified atom stereocenters. The number of nitrogens with one attached hydrogen (secondary N) is 2. The standard InChI is InChI=1S/C22H34N6O/c1-4-23-21(25-17-22(2,29)19-14-26-27(3)16-19)24-15-20(28-12-8-9-13-28)18-10-6-5-7-11-18/h5-7,10-11,14,16,20,29H,4,8-9,12-13,15,17H2,1-3H3,(H2,23,24,25). The van der Waals surface area contributed by atoms with Gasteiger partial charge in [-0.05, 0) is 45.3 Å². The highest BCUT2D eigenvalue weighted by Gasteiger charge is 2.26. The normalized spacial score (nSPS) is 18.4. The molecular formula is C22H34N6O. The molecule has 1 aromatic heterocycles. The highest BCUT2D eigenvalue weighted by molar-refractivity contribution is 5.79. The lowest BCUT2D eigenvalue weighted by Gasteiger charge is -2.29. The predicted molar refractivity (Wildman–Crippen MR) is 117 cm³/mol. The first-order valence-corrected chi connectivity index (χ1v) is 10.5. The summed E-state index contributed by atoms with van der Waals surface area (Å²) in [6, 6.07) is 11.0. The molecule has 2 aromatic rings. The van der Waals surface area contributed by atoms with Crippen molar-refractivity contribution >= 4 is 5.96 Å². The molecule has 0 spiro atoms. The van der Waals surface area contributed by atoms with E-state index in [9.17, 15) is 5.11 Å². The number of aromatic nitrogens is 2. The van der Waals surface area contributed by atoms with Crippen molar-refractivity contribution in [3.63, 3.8) is 0 Å². The monoisotopic (exact) mass is 398 g/mol. The molecule has 2 atom stereocenters. The zero-order valence-electron chi connectivity index (χ0n) is 17.8. The molecule has 29 heavy (non-hydrogen) atoms. The number of hydrogen-bond acceptors (Lipinski definition) is 4. The number of rotatable bonds is 8. The number of aliphatic hydroxyl groups is 1. The molecule has 2 heterocycles. The molecule has 0 radical (unpaired) electrons. The molecule has 1 aromatic carbocycles. The van der Waals surface area contributed by atoms with Gasteiger partial charge in [-0.2, -0.15) is 5.10 Å². The van der Waals surface area contributed by atoms with E-state index in [2.05, 4.69) is 56.0 Å². The summed E-state index contributed by atoms with van der Waals surface area (Å²) in [6.07, 6.45) is 6.03. The summed E-state index contributed by atoms with van der Waals surface area (Å²) in [5, 5.41) is 21.8. The molecule has 1 aliphatic rings. The molecule has 1 aliphatic heterocycles. The van der Waals surface area contributed by atoms with Crippen LogP contribution in [0.1, 0.15) is 43.9 Å². The highest BCUT2D eigenvalue weighted by atomic mass is 16.3. The van der Waals surface area contributed by atoms with Crippen LogP contribution in [-0.2, 0) is 12.6 Å². The topological polar surface area (TPSA) is 77.7 Å². The summed E-state index contributed by atoms with van der Waals surface area (Å²) in [5.41, 5.74) is 1.02. The van der Waals surface area contributed by atoms with Crippen molar-refractivity contribution < 1.29 is 5.11 Å². The maximum absolute atomic E-state index is 10.8. The smallest absolute Gasteiger partial charge is 0.191 e. The predicted octanol–water partition coefficient (Wildman–Crippen LogP) is 2.02. The Labute approximate surface area is 173 Å². The third-order valence-electron chi connectivity index (χ3n) is 5.44. The van der Waals surface area contributed by atoms with Gasteiger partial charge < -0.3 is 15.7 Å². The third-order valence-corrected chi connectivity index (χ3v) is 5.44. The fourth-order valence-electron chi connectivity index (χ4n) is 3.74. The van der Waals surface area contributed by atoms with Gasteiger partial charge in [0.2, 0.25) is 0 Å². The minimum Gasteiger partial charge on any atom is -0.383 e. The SMILES string of the molecule is CCNC(=NCC(C)(O)c1cnn(C)c1)NCC(c1ccccc1)N1CCCC1. The second kappa shape index (κ2) is 9.89. The number of aryl methyl sites for hydroxylation is 1. The van der Waals surface area contributed by atoms with Crippen LogP contribution in [0.2, 0.25) is 0 Å². The first-order valence-electron chi connectivity index (χ1n) is 10.5. The third kappa shape index (κ3) is 5.81. The first kappa shape index (κ1) is 21.3. The Morgan fingerprint density at radius 3 is 2.59 bits per heavy atom. The maximum Gasteiger partial charge on any atom is 0.191 e. The summed E-state index contributed by atoms with van der Waals surface area (Å²) in [5.74, 6) is 0.719. The van der Waals surface area contributed by atoms with Crippen molar-refractivity contribution in [3.05, 3.63) is 53.9 Å². The van der Waals surface area contributed by atoms with E-state index in [4.69, 9.17) is 0 Å². The van der Waals surface area contributed by atoms with Crippen molar-refractivity contribution in [3.8, 4) is 0 Å². The van der Waals surface area contributed by atoms with Gasteiger partial charge in [0.1, 0.15) is 5.60 Å². The average Bonchev–Trinajstić information content (AvgIpc) is 3.39. The lowest BCUT2D eigenvalue weighted by molar-refractivity contribution is 0.0671.